The second kappa shape index (κ2) is 11.6. The zero-order valence-corrected chi connectivity index (χ0v) is 17.9. The molecule has 0 saturated carbocycles. The van der Waals surface area contributed by atoms with Gasteiger partial charge in [-0.1, -0.05) is 25.0 Å². The van der Waals surface area contributed by atoms with Gasteiger partial charge in [-0.25, -0.2) is 8.42 Å². The molecule has 1 aromatic rings. The van der Waals surface area contributed by atoms with E-state index in [0.29, 0.717) is 37.4 Å². The summed E-state index contributed by atoms with van der Waals surface area (Å²) in [5, 5.41) is 5.95. The van der Waals surface area contributed by atoms with Crippen LogP contribution in [-0.2, 0) is 21.2 Å². The molecule has 0 aliphatic carbocycles. The SMILES string of the molecule is CNC(C)CNC(=O)CCc1ccc(S(=O)(=O)N2CCCCCC2)cc1.Cl. The van der Waals surface area contributed by atoms with E-state index in [2.05, 4.69) is 10.6 Å². The summed E-state index contributed by atoms with van der Waals surface area (Å²) in [6.07, 6.45) is 5.05. The molecule has 0 bridgehead atoms. The first-order chi connectivity index (χ1) is 12.4. The molecule has 1 heterocycles. The van der Waals surface area contributed by atoms with Gasteiger partial charge in [0.1, 0.15) is 0 Å². The van der Waals surface area contributed by atoms with Crippen molar-refractivity contribution in [3.63, 3.8) is 0 Å². The number of sulfonamides is 1. The number of amides is 1. The number of hydrogen-bond donors (Lipinski definition) is 2. The van der Waals surface area contributed by atoms with E-state index in [9.17, 15) is 13.2 Å². The number of nitrogens with zero attached hydrogens (tertiary/aromatic N) is 1. The number of nitrogens with one attached hydrogen (secondary N) is 2. The van der Waals surface area contributed by atoms with Crippen LogP contribution in [0.3, 0.4) is 0 Å². The minimum atomic E-state index is -3.41. The number of carbonyl (C=O) groups is 1. The van der Waals surface area contributed by atoms with Crippen molar-refractivity contribution < 1.29 is 13.2 Å². The van der Waals surface area contributed by atoms with Gasteiger partial charge in [0.25, 0.3) is 0 Å². The predicted octanol–water partition coefficient (Wildman–Crippen LogP) is 2.33. The van der Waals surface area contributed by atoms with Gasteiger partial charge in [0.2, 0.25) is 15.9 Å². The van der Waals surface area contributed by atoms with Crippen LogP contribution in [0, 0.1) is 0 Å². The molecule has 0 radical (unpaired) electrons. The van der Waals surface area contributed by atoms with Crippen LogP contribution < -0.4 is 10.6 Å². The van der Waals surface area contributed by atoms with Gasteiger partial charge in [0.15, 0.2) is 0 Å². The Hall–Kier alpha value is -1.15. The molecule has 1 amide bonds. The van der Waals surface area contributed by atoms with Crippen LogP contribution in [0.25, 0.3) is 0 Å². The molecule has 27 heavy (non-hydrogen) atoms. The van der Waals surface area contributed by atoms with Crippen molar-refractivity contribution in [1.29, 1.82) is 0 Å². The van der Waals surface area contributed by atoms with Crippen molar-refractivity contribution in [3.05, 3.63) is 29.8 Å². The lowest BCUT2D eigenvalue weighted by molar-refractivity contribution is -0.121. The number of hydrogen-bond acceptors (Lipinski definition) is 4. The zero-order valence-electron chi connectivity index (χ0n) is 16.2. The Bertz CT molecular complexity index is 672. The molecule has 8 heteroatoms. The van der Waals surface area contributed by atoms with Crippen molar-refractivity contribution in [1.82, 2.24) is 14.9 Å². The molecule has 0 aromatic heterocycles. The van der Waals surface area contributed by atoms with Crippen molar-refractivity contribution in [2.45, 2.75) is 56.4 Å². The summed E-state index contributed by atoms with van der Waals surface area (Å²) >= 11 is 0. The van der Waals surface area contributed by atoms with Gasteiger partial charge in [-0.3, -0.25) is 4.79 Å². The average Bonchev–Trinajstić information content (AvgIpc) is 2.94. The van der Waals surface area contributed by atoms with Gasteiger partial charge in [-0.05, 0) is 50.9 Å². The predicted molar refractivity (Wildman–Crippen MR) is 111 cm³/mol. The third-order valence-corrected chi connectivity index (χ3v) is 6.78. The fourth-order valence-corrected chi connectivity index (χ4v) is 4.49. The molecule has 1 fully saturated rings. The lowest BCUT2D eigenvalue weighted by Gasteiger charge is -2.20. The number of rotatable bonds is 8. The topological polar surface area (TPSA) is 78.5 Å². The normalized spacial score (nSPS) is 16.8. The maximum absolute atomic E-state index is 12.8. The quantitative estimate of drug-likeness (QED) is 0.680. The Balaban J connectivity index is 0.00000364. The van der Waals surface area contributed by atoms with Gasteiger partial charge < -0.3 is 10.6 Å². The maximum atomic E-state index is 12.8. The van der Waals surface area contributed by atoms with Crippen LogP contribution in [-0.4, -0.2) is 51.4 Å². The summed E-state index contributed by atoms with van der Waals surface area (Å²) in [5.41, 5.74) is 0.969. The summed E-state index contributed by atoms with van der Waals surface area (Å²) in [6, 6.07) is 7.19. The van der Waals surface area contributed by atoms with Crippen LogP contribution in [0.1, 0.15) is 44.6 Å². The Kier molecular flexibility index (Phi) is 10.3. The smallest absolute Gasteiger partial charge is 0.243 e. The van der Waals surface area contributed by atoms with Crippen molar-refractivity contribution in [2.24, 2.45) is 0 Å². The minimum absolute atomic E-state index is 0. The third kappa shape index (κ3) is 7.41. The Morgan fingerprint density at radius 2 is 1.70 bits per heavy atom. The van der Waals surface area contributed by atoms with Crippen molar-refractivity contribution in [3.8, 4) is 0 Å². The molecule has 1 aliphatic rings. The fourth-order valence-electron chi connectivity index (χ4n) is 2.97. The zero-order chi connectivity index (χ0) is 19.0. The lowest BCUT2D eigenvalue weighted by Crippen LogP contribution is -2.37. The first-order valence-electron chi connectivity index (χ1n) is 9.46. The molecule has 2 rings (SSSR count). The molecule has 154 valence electrons. The highest BCUT2D eigenvalue weighted by molar-refractivity contribution is 7.89. The molecule has 0 spiro atoms. The van der Waals surface area contributed by atoms with Gasteiger partial charge >= 0.3 is 0 Å². The van der Waals surface area contributed by atoms with E-state index in [1.165, 1.54) is 0 Å². The minimum Gasteiger partial charge on any atom is -0.355 e. The number of halogens is 1. The molecule has 1 saturated heterocycles. The lowest BCUT2D eigenvalue weighted by atomic mass is 10.1. The standard InChI is InChI=1S/C19H31N3O3S.ClH/c1-16(20-2)15-21-19(23)12-9-17-7-10-18(11-8-17)26(24,25)22-13-5-3-4-6-14-22;/h7-8,10-11,16,20H,3-6,9,12-15H2,1-2H3,(H,21,23);1H. The van der Waals surface area contributed by atoms with Crippen LogP contribution in [0.4, 0.5) is 0 Å². The third-order valence-electron chi connectivity index (χ3n) is 4.87. The van der Waals surface area contributed by atoms with E-state index in [0.717, 1.165) is 31.2 Å². The Morgan fingerprint density at radius 1 is 1.11 bits per heavy atom. The molecule has 1 unspecified atom stereocenters. The van der Waals surface area contributed by atoms with Gasteiger partial charge in [-0.2, -0.15) is 4.31 Å². The Morgan fingerprint density at radius 3 is 2.26 bits per heavy atom. The fraction of sp³-hybridized carbons (Fsp3) is 0.632. The van der Waals surface area contributed by atoms with Crippen LogP contribution >= 0.6 is 12.4 Å². The van der Waals surface area contributed by atoms with Gasteiger partial charge in [-0.15, -0.1) is 12.4 Å². The van der Waals surface area contributed by atoms with E-state index < -0.39 is 10.0 Å². The molecule has 1 aliphatic heterocycles. The highest BCUT2D eigenvalue weighted by atomic mass is 35.5. The summed E-state index contributed by atoms with van der Waals surface area (Å²) < 4.78 is 27.1. The average molecular weight is 418 g/mol. The molecule has 1 aromatic carbocycles. The van der Waals surface area contributed by atoms with E-state index in [1.54, 1.807) is 16.4 Å². The molecular formula is C19H32ClN3O3S. The van der Waals surface area contributed by atoms with E-state index in [4.69, 9.17) is 0 Å². The number of carbonyl (C=O) groups excluding carboxylic acids is 1. The molecule has 6 nitrogen and oxygen atoms in total. The van der Waals surface area contributed by atoms with Crippen molar-refractivity contribution in [2.75, 3.05) is 26.7 Å². The Labute approximate surface area is 169 Å². The monoisotopic (exact) mass is 417 g/mol. The van der Waals surface area contributed by atoms with E-state index >= 15 is 0 Å². The summed E-state index contributed by atoms with van der Waals surface area (Å²) in [6.45, 7) is 3.82. The highest BCUT2D eigenvalue weighted by Gasteiger charge is 2.24. The maximum Gasteiger partial charge on any atom is 0.243 e. The second-order valence-corrected chi connectivity index (χ2v) is 8.89. The van der Waals surface area contributed by atoms with Crippen LogP contribution in [0.2, 0.25) is 0 Å². The van der Waals surface area contributed by atoms with Gasteiger partial charge in [0, 0.05) is 32.1 Å². The first-order valence-corrected chi connectivity index (χ1v) is 10.9. The van der Waals surface area contributed by atoms with E-state index in [1.807, 2.05) is 26.1 Å². The summed E-state index contributed by atoms with van der Waals surface area (Å²) in [7, 11) is -1.55. The number of aryl methyl sites for hydroxylation is 1. The first kappa shape index (κ1) is 23.9. The highest BCUT2D eigenvalue weighted by Crippen LogP contribution is 2.21. The van der Waals surface area contributed by atoms with Gasteiger partial charge in [0.05, 0.1) is 4.90 Å². The number of benzene rings is 1. The second-order valence-electron chi connectivity index (χ2n) is 6.96. The van der Waals surface area contributed by atoms with E-state index in [-0.39, 0.29) is 24.4 Å². The number of likely N-dealkylation sites (N-methyl/N-ethyl adjacent to an activating group) is 1. The summed E-state index contributed by atoms with van der Waals surface area (Å²) in [4.78, 5) is 12.2. The molecular weight excluding hydrogens is 386 g/mol. The van der Waals surface area contributed by atoms with Crippen molar-refractivity contribution >= 4 is 28.3 Å². The molecule has 2 N–H and O–H groups in total. The van der Waals surface area contributed by atoms with Crippen LogP contribution in [0.5, 0.6) is 0 Å². The molecule has 1 atom stereocenters. The van der Waals surface area contributed by atoms with Crippen LogP contribution in [0.15, 0.2) is 29.2 Å². The largest absolute Gasteiger partial charge is 0.355 e. The summed E-state index contributed by atoms with van der Waals surface area (Å²) in [5.74, 6) is 0.00775.